The summed E-state index contributed by atoms with van der Waals surface area (Å²) in [5.41, 5.74) is 0.303. The Morgan fingerprint density at radius 1 is 0.806 bits per heavy atom. The molecule has 0 amide bonds. The smallest absolute Gasteiger partial charge is 0.135 e. The molecule has 2 nitrogen and oxygen atoms in total. The molecule has 2 heteroatoms. The van der Waals surface area contributed by atoms with Crippen LogP contribution in [0.25, 0.3) is 0 Å². The van der Waals surface area contributed by atoms with Crippen molar-refractivity contribution in [1.82, 2.24) is 0 Å². The summed E-state index contributed by atoms with van der Waals surface area (Å²) in [5, 5.41) is 21.4. The molecule has 0 heterocycles. The van der Waals surface area contributed by atoms with Crippen LogP contribution in [-0.4, -0.2) is 10.2 Å². The first kappa shape index (κ1) is 23.5. The molecule has 0 spiro atoms. The molecule has 0 aromatic heterocycles. The van der Waals surface area contributed by atoms with Crippen LogP contribution in [0.15, 0.2) is 11.5 Å². The highest BCUT2D eigenvalue weighted by Gasteiger charge is 2.64. The maximum Gasteiger partial charge on any atom is 0.135 e. The Hall–Kier alpha value is -0.660. The first-order valence-corrected chi connectivity index (χ1v) is 13.5. The first-order valence-electron chi connectivity index (χ1n) is 13.5. The third-order valence-electron chi connectivity index (χ3n) is 11.4. The Balaban J connectivity index is 1.54. The average Bonchev–Trinajstić information content (AvgIpc) is 3.03. The number of allylic oxidation sites excluding steroid dienone is 2. The lowest BCUT2D eigenvalue weighted by atomic mass is 9.41. The number of hydrogen-bond donors (Lipinski definition) is 2. The van der Waals surface area contributed by atoms with Crippen LogP contribution >= 0.6 is 0 Å². The number of aliphatic hydroxyl groups is 2. The lowest BCUT2D eigenvalue weighted by Crippen LogP contribution is -2.57. The molecule has 0 bridgehead atoms. The van der Waals surface area contributed by atoms with E-state index >= 15 is 0 Å². The molecule has 0 aromatic rings. The van der Waals surface area contributed by atoms with Crippen molar-refractivity contribution in [2.45, 2.75) is 113 Å². The Kier molecular flexibility index (Phi) is 6.05. The summed E-state index contributed by atoms with van der Waals surface area (Å²) in [6.07, 6.45) is 13.0. The lowest BCUT2D eigenvalue weighted by Gasteiger charge is -2.64. The van der Waals surface area contributed by atoms with E-state index in [4.69, 9.17) is 0 Å². The number of hydrogen-bond acceptors (Lipinski definition) is 2. The van der Waals surface area contributed by atoms with Gasteiger partial charge in [-0.3, -0.25) is 0 Å². The van der Waals surface area contributed by atoms with E-state index in [-0.39, 0.29) is 22.3 Å². The second-order valence-electron chi connectivity index (χ2n) is 13.7. The Bertz CT molecular complexity index is 706. The molecule has 3 saturated carbocycles. The van der Waals surface area contributed by atoms with Crippen molar-refractivity contribution in [2.75, 3.05) is 0 Å². The molecule has 4 rings (SSSR count). The Labute approximate surface area is 192 Å². The predicted octanol–water partition coefficient (Wildman–Crippen LogP) is 8.68. The maximum atomic E-state index is 10.7. The molecule has 4 aliphatic carbocycles. The molecule has 0 aliphatic heterocycles. The molecule has 0 saturated heterocycles. The Morgan fingerprint density at radius 2 is 1.42 bits per heavy atom. The van der Waals surface area contributed by atoms with Crippen LogP contribution in [0.1, 0.15) is 113 Å². The van der Waals surface area contributed by atoms with Gasteiger partial charge in [-0.25, -0.2) is 0 Å². The van der Waals surface area contributed by atoms with E-state index < -0.39 is 0 Å². The van der Waals surface area contributed by atoms with Gasteiger partial charge in [-0.05, 0) is 90.8 Å². The van der Waals surface area contributed by atoms with Gasteiger partial charge in [0.15, 0.2) is 0 Å². The van der Waals surface area contributed by atoms with Gasteiger partial charge in [0.25, 0.3) is 0 Å². The zero-order chi connectivity index (χ0) is 22.8. The van der Waals surface area contributed by atoms with Crippen LogP contribution in [0.5, 0.6) is 0 Å². The molecule has 0 aromatic carbocycles. The fourth-order valence-electron chi connectivity index (χ4n) is 9.80. The molecule has 31 heavy (non-hydrogen) atoms. The van der Waals surface area contributed by atoms with Gasteiger partial charge in [-0.15, -0.1) is 0 Å². The van der Waals surface area contributed by atoms with Gasteiger partial charge in [-0.1, -0.05) is 67.7 Å². The molecule has 0 radical (unpaired) electrons. The average molecular weight is 431 g/mol. The minimum Gasteiger partial charge on any atom is -0.509 e. The van der Waals surface area contributed by atoms with E-state index in [1.165, 1.54) is 57.8 Å². The normalized spacial score (nSPS) is 45.2. The lowest BCUT2D eigenvalue weighted by molar-refractivity contribution is -0.146. The van der Waals surface area contributed by atoms with Crippen molar-refractivity contribution in [2.24, 2.45) is 57.7 Å². The SMILES string of the molecule is CC(C)CCC[C@@H](C)[C@H]1CC[C@]2(C)[C@@H]3CC[C@@H]4C(C)(C)C(O)=C(O)C[C@]4(C)[C@H]3CC[C@@H]12. The van der Waals surface area contributed by atoms with Crippen molar-refractivity contribution in [3.05, 3.63) is 11.5 Å². The standard InChI is InChI=1S/C29H50O2/c1-18(2)9-8-10-19(3)20-15-16-28(6)21(20)11-12-23-22(28)13-14-25-27(4,5)26(31)24(30)17-29(23,25)7/h18-23,25,30-31H,8-17H2,1-7H3/t19-,20-,21+,22-,23+,25-,28+,29-/m1/s1. The van der Waals surface area contributed by atoms with Crippen LogP contribution in [0.3, 0.4) is 0 Å². The highest BCUT2D eigenvalue weighted by Crippen LogP contribution is 2.71. The van der Waals surface area contributed by atoms with Crippen LogP contribution < -0.4 is 0 Å². The van der Waals surface area contributed by atoms with Crippen molar-refractivity contribution >= 4 is 0 Å². The van der Waals surface area contributed by atoms with Crippen molar-refractivity contribution in [3.8, 4) is 0 Å². The summed E-state index contributed by atoms with van der Waals surface area (Å²) in [6, 6.07) is 0. The summed E-state index contributed by atoms with van der Waals surface area (Å²) in [5.74, 6) is 6.03. The molecule has 8 atom stereocenters. The predicted molar refractivity (Wildman–Crippen MR) is 130 cm³/mol. The van der Waals surface area contributed by atoms with Crippen LogP contribution in [0.2, 0.25) is 0 Å². The molecular weight excluding hydrogens is 380 g/mol. The molecule has 2 N–H and O–H groups in total. The van der Waals surface area contributed by atoms with Gasteiger partial charge in [0.1, 0.15) is 11.5 Å². The van der Waals surface area contributed by atoms with Crippen molar-refractivity contribution < 1.29 is 10.2 Å². The fourth-order valence-corrected chi connectivity index (χ4v) is 9.80. The van der Waals surface area contributed by atoms with E-state index in [9.17, 15) is 10.2 Å². The second kappa shape index (κ2) is 7.98. The highest BCUT2D eigenvalue weighted by atomic mass is 16.3. The van der Waals surface area contributed by atoms with Gasteiger partial charge in [0.2, 0.25) is 0 Å². The summed E-state index contributed by atoms with van der Waals surface area (Å²) in [6.45, 7) is 16.7. The monoisotopic (exact) mass is 430 g/mol. The van der Waals surface area contributed by atoms with E-state index in [2.05, 4.69) is 48.5 Å². The highest BCUT2D eigenvalue weighted by molar-refractivity contribution is 5.23. The second-order valence-corrected chi connectivity index (χ2v) is 13.7. The van der Waals surface area contributed by atoms with Gasteiger partial charge in [0.05, 0.1) is 0 Å². The molecular formula is C29H50O2. The van der Waals surface area contributed by atoms with E-state index in [0.29, 0.717) is 23.7 Å². The zero-order valence-electron chi connectivity index (χ0n) is 21.5. The van der Waals surface area contributed by atoms with Gasteiger partial charge in [0, 0.05) is 11.8 Å². The molecule has 3 fully saturated rings. The van der Waals surface area contributed by atoms with Crippen molar-refractivity contribution in [3.63, 3.8) is 0 Å². The minimum absolute atomic E-state index is 0.123. The summed E-state index contributed by atoms with van der Waals surface area (Å²) >= 11 is 0. The topological polar surface area (TPSA) is 40.5 Å². The minimum atomic E-state index is -0.303. The zero-order valence-corrected chi connectivity index (χ0v) is 21.5. The summed E-state index contributed by atoms with van der Waals surface area (Å²) in [7, 11) is 0. The van der Waals surface area contributed by atoms with Crippen LogP contribution in [0, 0.1) is 57.7 Å². The third kappa shape index (κ3) is 3.57. The molecule has 178 valence electrons. The van der Waals surface area contributed by atoms with E-state index in [1.54, 1.807) is 0 Å². The van der Waals surface area contributed by atoms with Gasteiger partial charge >= 0.3 is 0 Å². The van der Waals surface area contributed by atoms with E-state index in [1.807, 2.05) is 0 Å². The van der Waals surface area contributed by atoms with Crippen LogP contribution in [0.4, 0.5) is 0 Å². The van der Waals surface area contributed by atoms with Gasteiger partial charge in [-0.2, -0.15) is 0 Å². The van der Waals surface area contributed by atoms with E-state index in [0.717, 1.165) is 29.6 Å². The Morgan fingerprint density at radius 3 is 2.10 bits per heavy atom. The number of aliphatic hydroxyl groups excluding tert-OH is 2. The third-order valence-corrected chi connectivity index (χ3v) is 11.4. The molecule has 0 unspecified atom stereocenters. The maximum absolute atomic E-state index is 10.7. The van der Waals surface area contributed by atoms with Crippen molar-refractivity contribution in [1.29, 1.82) is 0 Å². The van der Waals surface area contributed by atoms with Gasteiger partial charge < -0.3 is 10.2 Å². The first-order chi connectivity index (χ1) is 14.4. The largest absolute Gasteiger partial charge is 0.509 e. The summed E-state index contributed by atoms with van der Waals surface area (Å²) < 4.78 is 0. The number of rotatable bonds is 5. The molecule has 4 aliphatic rings. The fraction of sp³-hybridized carbons (Fsp3) is 0.931. The summed E-state index contributed by atoms with van der Waals surface area (Å²) in [4.78, 5) is 0. The number of fused-ring (bicyclic) bond motifs is 5. The van der Waals surface area contributed by atoms with Crippen LogP contribution in [-0.2, 0) is 0 Å². The quantitative estimate of drug-likeness (QED) is 0.458.